The molecule has 100 valence electrons. The molecule has 0 bridgehead atoms. The fourth-order valence-electron chi connectivity index (χ4n) is 2.21. The second kappa shape index (κ2) is 6.55. The summed E-state index contributed by atoms with van der Waals surface area (Å²) in [5, 5.41) is 9.40. The zero-order valence-corrected chi connectivity index (χ0v) is 11.6. The van der Waals surface area contributed by atoms with E-state index in [1.807, 2.05) is 62.9 Å². The van der Waals surface area contributed by atoms with Crippen LogP contribution in [0.5, 0.6) is 0 Å². The van der Waals surface area contributed by atoms with Gasteiger partial charge >= 0.3 is 5.97 Å². The topological polar surface area (TPSA) is 40.5 Å². The highest BCUT2D eigenvalue weighted by atomic mass is 16.4. The number of hydrogen-bond donors (Lipinski definition) is 1. The third-order valence-corrected chi connectivity index (χ3v) is 3.11. The lowest BCUT2D eigenvalue weighted by Crippen LogP contribution is -2.47. The standard InChI is InChI=1S/C15H23NO2/c1-11(2)14(15(17)18)16(12(3)4)10-13-8-6-5-7-9-13/h5-9,11-12,14H,10H2,1-4H3,(H,17,18). The summed E-state index contributed by atoms with van der Waals surface area (Å²) in [6.07, 6.45) is 0. The van der Waals surface area contributed by atoms with Gasteiger partial charge in [0.25, 0.3) is 0 Å². The van der Waals surface area contributed by atoms with Crippen LogP contribution in [0, 0.1) is 5.92 Å². The molecule has 0 saturated carbocycles. The maximum absolute atomic E-state index is 11.4. The van der Waals surface area contributed by atoms with Gasteiger partial charge in [0.2, 0.25) is 0 Å². The van der Waals surface area contributed by atoms with Crippen molar-refractivity contribution in [3.63, 3.8) is 0 Å². The average Bonchev–Trinajstić information content (AvgIpc) is 2.28. The number of hydrogen-bond acceptors (Lipinski definition) is 2. The molecular formula is C15H23NO2. The molecule has 18 heavy (non-hydrogen) atoms. The van der Waals surface area contributed by atoms with Crippen molar-refractivity contribution in [1.29, 1.82) is 0 Å². The van der Waals surface area contributed by atoms with Gasteiger partial charge in [-0.25, -0.2) is 0 Å². The highest BCUT2D eigenvalue weighted by Gasteiger charge is 2.30. The second-order valence-electron chi connectivity index (χ2n) is 5.28. The van der Waals surface area contributed by atoms with E-state index in [0.717, 1.165) is 5.56 Å². The van der Waals surface area contributed by atoms with Gasteiger partial charge in [-0.15, -0.1) is 0 Å². The number of carboxylic acid groups (broad SMARTS) is 1. The molecule has 0 aliphatic heterocycles. The SMILES string of the molecule is CC(C)C(C(=O)O)N(Cc1ccccc1)C(C)C. The molecular weight excluding hydrogens is 226 g/mol. The van der Waals surface area contributed by atoms with E-state index >= 15 is 0 Å². The summed E-state index contributed by atoms with van der Waals surface area (Å²) in [5.74, 6) is -0.650. The van der Waals surface area contributed by atoms with Gasteiger partial charge in [-0.3, -0.25) is 9.69 Å². The van der Waals surface area contributed by atoms with Gasteiger partial charge in [0.1, 0.15) is 6.04 Å². The van der Waals surface area contributed by atoms with E-state index in [9.17, 15) is 9.90 Å². The van der Waals surface area contributed by atoms with Gasteiger partial charge in [-0.05, 0) is 25.3 Å². The van der Waals surface area contributed by atoms with Gasteiger partial charge in [0.05, 0.1) is 0 Å². The molecule has 1 aromatic carbocycles. The molecule has 3 heteroatoms. The van der Waals surface area contributed by atoms with Crippen LogP contribution < -0.4 is 0 Å². The molecule has 0 amide bonds. The summed E-state index contributed by atoms with van der Waals surface area (Å²) in [6, 6.07) is 9.78. The van der Waals surface area contributed by atoms with Gasteiger partial charge in [0, 0.05) is 12.6 Å². The molecule has 1 aromatic rings. The minimum Gasteiger partial charge on any atom is -0.480 e. The molecule has 0 fully saturated rings. The lowest BCUT2D eigenvalue weighted by atomic mass is 10.00. The lowest BCUT2D eigenvalue weighted by Gasteiger charge is -2.34. The van der Waals surface area contributed by atoms with Crippen LogP contribution >= 0.6 is 0 Å². The Morgan fingerprint density at radius 2 is 1.72 bits per heavy atom. The Morgan fingerprint density at radius 1 is 1.17 bits per heavy atom. The van der Waals surface area contributed by atoms with E-state index in [1.54, 1.807) is 0 Å². The van der Waals surface area contributed by atoms with Crippen molar-refractivity contribution in [3.8, 4) is 0 Å². The van der Waals surface area contributed by atoms with Gasteiger partial charge in [-0.2, -0.15) is 0 Å². The van der Waals surface area contributed by atoms with Crippen LogP contribution in [-0.4, -0.2) is 28.1 Å². The molecule has 0 aliphatic carbocycles. The van der Waals surface area contributed by atoms with Crippen molar-refractivity contribution in [2.75, 3.05) is 0 Å². The Balaban J connectivity index is 2.91. The third kappa shape index (κ3) is 3.84. The molecule has 1 atom stereocenters. The number of carbonyl (C=O) groups is 1. The zero-order chi connectivity index (χ0) is 13.7. The Morgan fingerprint density at radius 3 is 2.11 bits per heavy atom. The van der Waals surface area contributed by atoms with Crippen LogP contribution in [0.3, 0.4) is 0 Å². The maximum Gasteiger partial charge on any atom is 0.321 e. The summed E-state index contributed by atoms with van der Waals surface area (Å²) in [7, 11) is 0. The minimum absolute atomic E-state index is 0.0913. The van der Waals surface area contributed by atoms with Gasteiger partial charge in [-0.1, -0.05) is 44.2 Å². The van der Waals surface area contributed by atoms with Crippen molar-refractivity contribution < 1.29 is 9.90 Å². The van der Waals surface area contributed by atoms with E-state index in [4.69, 9.17) is 0 Å². The quantitative estimate of drug-likeness (QED) is 0.842. The van der Waals surface area contributed by atoms with Crippen molar-refractivity contribution in [1.82, 2.24) is 4.90 Å². The normalized spacial score (nSPS) is 13.3. The largest absolute Gasteiger partial charge is 0.480 e. The van der Waals surface area contributed by atoms with Crippen LogP contribution in [0.15, 0.2) is 30.3 Å². The summed E-state index contributed by atoms with van der Waals surface area (Å²) in [5.41, 5.74) is 1.15. The Labute approximate surface area is 109 Å². The van der Waals surface area contributed by atoms with Crippen LogP contribution in [0.25, 0.3) is 0 Å². The van der Waals surface area contributed by atoms with E-state index in [0.29, 0.717) is 6.54 Å². The Kier molecular flexibility index (Phi) is 5.35. The predicted octanol–water partition coefficient (Wildman–Crippen LogP) is 3.01. The molecule has 1 N–H and O–H groups in total. The van der Waals surface area contributed by atoms with Crippen molar-refractivity contribution in [3.05, 3.63) is 35.9 Å². The van der Waals surface area contributed by atoms with Gasteiger partial charge in [0.15, 0.2) is 0 Å². The Bertz CT molecular complexity index is 373. The smallest absolute Gasteiger partial charge is 0.321 e. The second-order valence-corrected chi connectivity index (χ2v) is 5.28. The third-order valence-electron chi connectivity index (χ3n) is 3.11. The summed E-state index contributed by atoms with van der Waals surface area (Å²) in [6.45, 7) is 8.68. The fourth-order valence-corrected chi connectivity index (χ4v) is 2.21. The molecule has 3 nitrogen and oxygen atoms in total. The van der Waals surface area contributed by atoms with Crippen LogP contribution in [0.4, 0.5) is 0 Å². The zero-order valence-electron chi connectivity index (χ0n) is 11.6. The number of rotatable bonds is 6. The molecule has 0 heterocycles. The van der Waals surface area contributed by atoms with Crippen molar-refractivity contribution >= 4 is 5.97 Å². The lowest BCUT2D eigenvalue weighted by molar-refractivity contribution is -0.146. The van der Waals surface area contributed by atoms with E-state index in [-0.39, 0.29) is 12.0 Å². The average molecular weight is 249 g/mol. The first-order valence-corrected chi connectivity index (χ1v) is 6.46. The summed E-state index contributed by atoms with van der Waals surface area (Å²) >= 11 is 0. The highest BCUT2D eigenvalue weighted by molar-refractivity contribution is 5.73. The first kappa shape index (κ1) is 14.7. The van der Waals surface area contributed by atoms with Crippen molar-refractivity contribution in [2.45, 2.75) is 46.3 Å². The molecule has 1 rings (SSSR count). The molecule has 0 spiro atoms. The van der Waals surface area contributed by atoms with Crippen LogP contribution in [0.1, 0.15) is 33.3 Å². The van der Waals surface area contributed by atoms with E-state index < -0.39 is 12.0 Å². The number of benzene rings is 1. The number of aliphatic carboxylic acids is 1. The number of nitrogens with zero attached hydrogens (tertiary/aromatic N) is 1. The molecule has 0 radical (unpaired) electrons. The van der Waals surface area contributed by atoms with Gasteiger partial charge < -0.3 is 5.11 Å². The Hall–Kier alpha value is -1.35. The maximum atomic E-state index is 11.4. The van der Waals surface area contributed by atoms with Crippen LogP contribution in [-0.2, 0) is 11.3 Å². The van der Waals surface area contributed by atoms with E-state index in [1.165, 1.54) is 0 Å². The predicted molar refractivity (Wildman–Crippen MR) is 73.4 cm³/mol. The van der Waals surface area contributed by atoms with Crippen molar-refractivity contribution in [2.24, 2.45) is 5.92 Å². The number of carboxylic acids is 1. The van der Waals surface area contributed by atoms with E-state index in [2.05, 4.69) is 0 Å². The molecule has 0 aromatic heterocycles. The summed E-state index contributed by atoms with van der Waals surface area (Å²) in [4.78, 5) is 13.5. The highest BCUT2D eigenvalue weighted by Crippen LogP contribution is 2.18. The summed E-state index contributed by atoms with van der Waals surface area (Å²) < 4.78 is 0. The molecule has 1 unspecified atom stereocenters. The molecule has 0 aliphatic rings. The minimum atomic E-state index is -0.741. The first-order valence-electron chi connectivity index (χ1n) is 6.46. The molecule has 0 saturated heterocycles. The van der Waals surface area contributed by atoms with Crippen LogP contribution in [0.2, 0.25) is 0 Å². The first-order chi connectivity index (χ1) is 8.43. The fraction of sp³-hybridized carbons (Fsp3) is 0.533. The monoisotopic (exact) mass is 249 g/mol.